The van der Waals surface area contributed by atoms with Crippen LogP contribution in [-0.4, -0.2) is 33.7 Å². The summed E-state index contributed by atoms with van der Waals surface area (Å²) in [5.74, 6) is -0.166. The maximum atomic E-state index is 11.8. The highest BCUT2D eigenvalue weighted by atomic mass is 16.2. The van der Waals surface area contributed by atoms with Gasteiger partial charge < -0.3 is 10.6 Å². The van der Waals surface area contributed by atoms with Crippen molar-refractivity contribution >= 4 is 11.8 Å². The van der Waals surface area contributed by atoms with E-state index in [1.54, 1.807) is 10.9 Å². The highest BCUT2D eigenvalue weighted by Crippen LogP contribution is 2.06. The van der Waals surface area contributed by atoms with E-state index in [1.165, 1.54) is 0 Å². The van der Waals surface area contributed by atoms with E-state index in [9.17, 15) is 9.59 Å². The van der Waals surface area contributed by atoms with Gasteiger partial charge in [-0.15, -0.1) is 0 Å². The number of hydrogen-bond acceptors (Lipinski definition) is 3. The van der Waals surface area contributed by atoms with Gasteiger partial charge in [0.1, 0.15) is 6.04 Å². The summed E-state index contributed by atoms with van der Waals surface area (Å²) in [6.07, 6.45) is 4.57. The third-order valence-corrected chi connectivity index (χ3v) is 2.72. The summed E-state index contributed by atoms with van der Waals surface area (Å²) in [5, 5.41) is 9.58. The van der Waals surface area contributed by atoms with Crippen LogP contribution < -0.4 is 10.6 Å². The molecular weight excluding hydrogens is 220 g/mol. The maximum absolute atomic E-state index is 11.8. The zero-order valence-corrected chi connectivity index (χ0v) is 9.72. The van der Waals surface area contributed by atoms with Gasteiger partial charge in [0.15, 0.2) is 0 Å². The average molecular weight is 236 g/mol. The zero-order valence-electron chi connectivity index (χ0n) is 9.72. The lowest BCUT2D eigenvalue weighted by Crippen LogP contribution is -2.46. The molecule has 1 aliphatic rings. The lowest BCUT2D eigenvalue weighted by molar-refractivity contribution is -0.126. The van der Waals surface area contributed by atoms with Gasteiger partial charge in [-0.2, -0.15) is 5.10 Å². The number of hydrogen-bond donors (Lipinski definition) is 2. The van der Waals surface area contributed by atoms with Crippen LogP contribution >= 0.6 is 0 Å². The summed E-state index contributed by atoms with van der Waals surface area (Å²) in [6, 6.07) is 1.45. The van der Waals surface area contributed by atoms with Crippen LogP contribution in [-0.2, 0) is 16.1 Å². The minimum atomic E-state index is -0.373. The minimum absolute atomic E-state index is 0.0140. The number of aromatic nitrogens is 2. The molecule has 0 radical (unpaired) electrons. The summed E-state index contributed by atoms with van der Waals surface area (Å²) in [6.45, 7) is 2.54. The molecule has 0 aliphatic carbocycles. The van der Waals surface area contributed by atoms with Crippen LogP contribution in [0.2, 0.25) is 0 Å². The molecule has 2 heterocycles. The van der Waals surface area contributed by atoms with Crippen molar-refractivity contribution in [3.05, 3.63) is 18.5 Å². The van der Waals surface area contributed by atoms with Crippen molar-refractivity contribution in [2.75, 3.05) is 0 Å². The summed E-state index contributed by atoms with van der Waals surface area (Å²) in [4.78, 5) is 22.8. The smallest absolute Gasteiger partial charge is 0.242 e. The molecule has 0 bridgehead atoms. The molecule has 0 spiro atoms. The van der Waals surface area contributed by atoms with Crippen molar-refractivity contribution in [3.63, 3.8) is 0 Å². The molecule has 0 unspecified atom stereocenters. The summed E-state index contributed by atoms with van der Waals surface area (Å²) in [5.41, 5.74) is 0. The molecule has 0 saturated carbocycles. The Morgan fingerprint density at radius 1 is 1.76 bits per heavy atom. The fourth-order valence-corrected chi connectivity index (χ4v) is 1.89. The largest absolute Gasteiger partial charge is 0.350 e. The van der Waals surface area contributed by atoms with Crippen molar-refractivity contribution in [2.45, 2.75) is 38.4 Å². The maximum Gasteiger partial charge on any atom is 0.242 e. The molecule has 1 aromatic heterocycles. The Bertz CT molecular complexity index is 402. The Hall–Kier alpha value is -1.85. The Balaban J connectivity index is 1.80. The second kappa shape index (κ2) is 4.99. The molecule has 2 rings (SSSR count). The van der Waals surface area contributed by atoms with E-state index >= 15 is 0 Å². The van der Waals surface area contributed by atoms with Crippen LogP contribution in [0.5, 0.6) is 0 Å². The number of nitrogens with zero attached hydrogens (tertiary/aromatic N) is 2. The molecule has 6 heteroatoms. The van der Waals surface area contributed by atoms with Gasteiger partial charge in [0.2, 0.25) is 11.8 Å². The first kappa shape index (κ1) is 11.6. The SMILES string of the molecule is C[C@@H](Cn1cccn1)NC(=O)[C@H]1CCC(=O)N1. The van der Waals surface area contributed by atoms with Gasteiger partial charge >= 0.3 is 0 Å². The first-order valence-electron chi connectivity index (χ1n) is 5.72. The van der Waals surface area contributed by atoms with Crippen LogP contribution in [0.3, 0.4) is 0 Å². The third kappa shape index (κ3) is 3.05. The number of nitrogens with one attached hydrogen (secondary N) is 2. The quantitative estimate of drug-likeness (QED) is 0.751. The molecule has 1 saturated heterocycles. The molecule has 2 amide bonds. The van der Waals surface area contributed by atoms with Crippen molar-refractivity contribution in [1.82, 2.24) is 20.4 Å². The van der Waals surface area contributed by atoms with Crippen molar-refractivity contribution in [1.29, 1.82) is 0 Å². The van der Waals surface area contributed by atoms with Crippen LogP contribution in [0.15, 0.2) is 18.5 Å². The first-order chi connectivity index (χ1) is 8.15. The number of rotatable bonds is 4. The molecule has 92 valence electrons. The number of carbonyl (C=O) groups excluding carboxylic acids is 2. The molecule has 1 aromatic rings. The van der Waals surface area contributed by atoms with E-state index in [1.807, 2.05) is 19.2 Å². The highest BCUT2D eigenvalue weighted by Gasteiger charge is 2.27. The predicted molar refractivity (Wildman–Crippen MR) is 61.0 cm³/mol. The van der Waals surface area contributed by atoms with E-state index in [-0.39, 0.29) is 23.9 Å². The van der Waals surface area contributed by atoms with E-state index in [2.05, 4.69) is 15.7 Å². The Morgan fingerprint density at radius 3 is 3.18 bits per heavy atom. The number of amides is 2. The van der Waals surface area contributed by atoms with Crippen molar-refractivity contribution in [3.8, 4) is 0 Å². The predicted octanol–water partition coefficient (Wildman–Crippen LogP) is -0.334. The van der Waals surface area contributed by atoms with E-state index < -0.39 is 0 Å². The molecule has 2 N–H and O–H groups in total. The van der Waals surface area contributed by atoms with Gasteiger partial charge in [-0.3, -0.25) is 14.3 Å². The van der Waals surface area contributed by atoms with Crippen LogP contribution in [0.25, 0.3) is 0 Å². The third-order valence-electron chi connectivity index (χ3n) is 2.72. The second-order valence-electron chi connectivity index (χ2n) is 4.30. The molecule has 6 nitrogen and oxygen atoms in total. The molecule has 1 aliphatic heterocycles. The Kier molecular flexibility index (Phi) is 3.41. The van der Waals surface area contributed by atoms with Gasteiger partial charge in [-0.25, -0.2) is 0 Å². The van der Waals surface area contributed by atoms with E-state index in [0.717, 1.165) is 0 Å². The van der Waals surface area contributed by atoms with Crippen molar-refractivity contribution < 1.29 is 9.59 Å². The lowest BCUT2D eigenvalue weighted by Gasteiger charge is -2.17. The molecule has 1 fully saturated rings. The minimum Gasteiger partial charge on any atom is -0.350 e. The van der Waals surface area contributed by atoms with Crippen LogP contribution in [0, 0.1) is 0 Å². The van der Waals surface area contributed by atoms with E-state index in [4.69, 9.17) is 0 Å². The summed E-state index contributed by atoms with van der Waals surface area (Å²) >= 11 is 0. The fourth-order valence-electron chi connectivity index (χ4n) is 1.89. The van der Waals surface area contributed by atoms with Gasteiger partial charge in [0, 0.05) is 24.9 Å². The van der Waals surface area contributed by atoms with Crippen LogP contribution in [0.4, 0.5) is 0 Å². The normalized spacial score (nSPS) is 21.0. The molecule has 17 heavy (non-hydrogen) atoms. The van der Waals surface area contributed by atoms with Gasteiger partial charge in [-0.05, 0) is 19.4 Å². The average Bonchev–Trinajstić information content (AvgIpc) is 2.89. The topological polar surface area (TPSA) is 76.0 Å². The lowest BCUT2D eigenvalue weighted by atomic mass is 10.2. The zero-order chi connectivity index (χ0) is 12.3. The molecular formula is C11H16N4O2. The Labute approximate surface area is 99.4 Å². The van der Waals surface area contributed by atoms with E-state index in [0.29, 0.717) is 19.4 Å². The standard InChI is InChI=1S/C11H16N4O2/c1-8(7-15-6-2-5-12-15)13-11(17)9-3-4-10(16)14-9/h2,5-6,8-9H,3-4,7H2,1H3,(H,13,17)(H,14,16)/t8-,9+/m0/s1. The first-order valence-corrected chi connectivity index (χ1v) is 5.72. The molecule has 2 atom stereocenters. The van der Waals surface area contributed by atoms with Crippen molar-refractivity contribution in [2.24, 2.45) is 0 Å². The summed E-state index contributed by atoms with van der Waals surface area (Å²) < 4.78 is 1.76. The fraction of sp³-hybridized carbons (Fsp3) is 0.545. The number of carbonyl (C=O) groups is 2. The second-order valence-corrected chi connectivity index (χ2v) is 4.30. The summed E-state index contributed by atoms with van der Waals surface area (Å²) in [7, 11) is 0. The van der Waals surface area contributed by atoms with Gasteiger partial charge in [0.05, 0.1) is 6.54 Å². The monoisotopic (exact) mass is 236 g/mol. The highest BCUT2D eigenvalue weighted by molar-refractivity contribution is 5.90. The molecule has 0 aromatic carbocycles. The Morgan fingerprint density at radius 2 is 2.59 bits per heavy atom. The van der Waals surface area contributed by atoms with Gasteiger partial charge in [-0.1, -0.05) is 0 Å². The van der Waals surface area contributed by atoms with Crippen LogP contribution in [0.1, 0.15) is 19.8 Å². The van der Waals surface area contributed by atoms with Gasteiger partial charge in [0.25, 0.3) is 0 Å².